The fourth-order valence-electron chi connectivity index (χ4n) is 2.44. The van der Waals surface area contributed by atoms with Crippen LogP contribution in [0.25, 0.3) is 16.7 Å². The van der Waals surface area contributed by atoms with E-state index in [9.17, 15) is 0 Å². The average molecular weight is 280 g/mol. The molecule has 0 radical (unpaired) electrons. The number of aryl methyl sites for hydroxylation is 2. The van der Waals surface area contributed by atoms with Crippen LogP contribution in [0, 0.1) is 13.8 Å². The first kappa shape index (κ1) is 13.8. The third kappa shape index (κ3) is 2.43. The average Bonchev–Trinajstić information content (AvgIpc) is 2.90. The molecule has 0 spiro atoms. The van der Waals surface area contributed by atoms with E-state index in [4.69, 9.17) is 5.73 Å². The Morgan fingerprint density at radius 1 is 1.14 bits per heavy atom. The lowest BCUT2D eigenvalue weighted by molar-refractivity contribution is 0.675. The van der Waals surface area contributed by atoms with Gasteiger partial charge in [-0.05, 0) is 55.7 Å². The van der Waals surface area contributed by atoms with Gasteiger partial charge in [0.2, 0.25) is 0 Å². The Labute approximate surface area is 124 Å². The van der Waals surface area contributed by atoms with Gasteiger partial charge in [-0.1, -0.05) is 6.92 Å². The van der Waals surface area contributed by atoms with Crippen molar-refractivity contribution in [3.8, 4) is 5.69 Å². The van der Waals surface area contributed by atoms with Crippen LogP contribution >= 0.6 is 0 Å². The first-order valence-electron chi connectivity index (χ1n) is 7.26. The summed E-state index contributed by atoms with van der Waals surface area (Å²) in [6.07, 6.45) is 4.60. The lowest BCUT2D eigenvalue weighted by atomic mass is 10.1. The van der Waals surface area contributed by atoms with E-state index in [2.05, 4.69) is 47.4 Å². The van der Waals surface area contributed by atoms with E-state index in [1.54, 1.807) is 0 Å². The zero-order chi connectivity index (χ0) is 15.0. The molecule has 1 atom stereocenters. The van der Waals surface area contributed by atoms with Gasteiger partial charge in [0.1, 0.15) is 6.33 Å². The summed E-state index contributed by atoms with van der Waals surface area (Å²) in [5, 5.41) is 0. The molecule has 2 heterocycles. The minimum Gasteiger partial charge on any atom is -0.323 e. The normalized spacial score (nSPS) is 12.8. The molecule has 0 unspecified atom stereocenters. The molecule has 3 rings (SSSR count). The van der Waals surface area contributed by atoms with Gasteiger partial charge < -0.3 is 5.73 Å². The first-order chi connectivity index (χ1) is 10.1. The lowest BCUT2D eigenvalue weighted by Crippen LogP contribution is -2.10. The minimum absolute atomic E-state index is 0.00322. The van der Waals surface area contributed by atoms with Crippen molar-refractivity contribution >= 4 is 11.0 Å². The topological polar surface area (TPSA) is 56.7 Å². The van der Waals surface area contributed by atoms with E-state index in [0.29, 0.717) is 0 Å². The highest BCUT2D eigenvalue weighted by molar-refractivity contribution is 5.79. The molecular weight excluding hydrogens is 260 g/mol. The highest BCUT2D eigenvalue weighted by atomic mass is 15.1. The maximum Gasteiger partial charge on any atom is 0.100 e. The van der Waals surface area contributed by atoms with Crippen molar-refractivity contribution in [2.45, 2.75) is 33.2 Å². The molecule has 21 heavy (non-hydrogen) atoms. The first-order valence-corrected chi connectivity index (χ1v) is 7.26. The van der Waals surface area contributed by atoms with Gasteiger partial charge in [0, 0.05) is 6.04 Å². The standard InChI is InChI=1S/C17H20N4/c1-4-14(18)15-6-5-13(9-19-15)21-10-20-16-7-11(2)12(3)8-17(16)21/h5-10,14H,4,18H2,1-3H3/t14-/m1/s1. The molecule has 0 amide bonds. The molecule has 0 bridgehead atoms. The molecule has 0 aliphatic rings. The SMILES string of the molecule is CC[C@@H](N)c1ccc(-n2cnc3cc(C)c(C)cc32)cn1. The smallest absolute Gasteiger partial charge is 0.100 e. The molecule has 0 aliphatic carbocycles. The monoisotopic (exact) mass is 280 g/mol. The number of nitrogens with zero attached hydrogens (tertiary/aromatic N) is 3. The van der Waals surface area contributed by atoms with Crippen molar-refractivity contribution in [3.05, 3.63) is 53.6 Å². The van der Waals surface area contributed by atoms with Crippen LogP contribution < -0.4 is 5.73 Å². The van der Waals surface area contributed by atoms with Gasteiger partial charge in [0.05, 0.1) is 28.6 Å². The van der Waals surface area contributed by atoms with Crippen molar-refractivity contribution in [2.75, 3.05) is 0 Å². The predicted octanol–water partition coefficient (Wildman–Crippen LogP) is 3.45. The highest BCUT2D eigenvalue weighted by Gasteiger charge is 2.09. The summed E-state index contributed by atoms with van der Waals surface area (Å²) in [7, 11) is 0. The van der Waals surface area contributed by atoms with Gasteiger partial charge >= 0.3 is 0 Å². The van der Waals surface area contributed by atoms with Crippen LogP contribution in [0.5, 0.6) is 0 Å². The molecule has 4 heteroatoms. The molecule has 0 aliphatic heterocycles. The zero-order valence-corrected chi connectivity index (χ0v) is 12.7. The Morgan fingerprint density at radius 3 is 2.57 bits per heavy atom. The Bertz CT molecular complexity index is 771. The van der Waals surface area contributed by atoms with Crippen LogP contribution in [0.3, 0.4) is 0 Å². The van der Waals surface area contributed by atoms with Crippen LogP contribution in [0.1, 0.15) is 36.2 Å². The van der Waals surface area contributed by atoms with E-state index >= 15 is 0 Å². The van der Waals surface area contributed by atoms with Crippen molar-refractivity contribution in [1.82, 2.24) is 14.5 Å². The third-order valence-corrected chi connectivity index (χ3v) is 4.03. The number of hydrogen-bond donors (Lipinski definition) is 1. The summed E-state index contributed by atoms with van der Waals surface area (Å²) in [5.41, 5.74) is 12.6. The van der Waals surface area contributed by atoms with Crippen LogP contribution in [0.4, 0.5) is 0 Å². The molecule has 2 aromatic heterocycles. The fraction of sp³-hybridized carbons (Fsp3) is 0.294. The molecule has 2 N–H and O–H groups in total. The van der Waals surface area contributed by atoms with Crippen molar-refractivity contribution in [1.29, 1.82) is 0 Å². The van der Waals surface area contributed by atoms with Gasteiger partial charge in [0.25, 0.3) is 0 Å². The van der Waals surface area contributed by atoms with E-state index in [1.807, 2.05) is 24.7 Å². The molecule has 108 valence electrons. The number of nitrogens with two attached hydrogens (primary N) is 1. The van der Waals surface area contributed by atoms with Crippen molar-refractivity contribution in [3.63, 3.8) is 0 Å². The zero-order valence-electron chi connectivity index (χ0n) is 12.7. The van der Waals surface area contributed by atoms with Crippen LogP contribution in [-0.4, -0.2) is 14.5 Å². The molecule has 0 saturated carbocycles. The molecule has 1 aromatic carbocycles. The number of benzene rings is 1. The number of imidazole rings is 1. The second-order valence-corrected chi connectivity index (χ2v) is 5.50. The number of fused-ring (bicyclic) bond motifs is 1. The van der Waals surface area contributed by atoms with Gasteiger partial charge in [-0.3, -0.25) is 9.55 Å². The maximum absolute atomic E-state index is 6.01. The summed E-state index contributed by atoms with van der Waals surface area (Å²) < 4.78 is 2.07. The summed E-state index contributed by atoms with van der Waals surface area (Å²) >= 11 is 0. The quantitative estimate of drug-likeness (QED) is 0.799. The largest absolute Gasteiger partial charge is 0.323 e. The van der Waals surface area contributed by atoms with E-state index in [1.165, 1.54) is 11.1 Å². The van der Waals surface area contributed by atoms with Crippen LogP contribution in [0.2, 0.25) is 0 Å². The van der Waals surface area contributed by atoms with E-state index < -0.39 is 0 Å². The summed E-state index contributed by atoms with van der Waals surface area (Å²) in [6.45, 7) is 6.29. The lowest BCUT2D eigenvalue weighted by Gasteiger charge is -2.10. The maximum atomic E-state index is 6.01. The Hall–Kier alpha value is -2.20. The predicted molar refractivity (Wildman–Crippen MR) is 85.6 cm³/mol. The van der Waals surface area contributed by atoms with Gasteiger partial charge in [-0.2, -0.15) is 0 Å². The number of pyridine rings is 1. The number of aromatic nitrogens is 3. The van der Waals surface area contributed by atoms with Gasteiger partial charge in [-0.25, -0.2) is 4.98 Å². The van der Waals surface area contributed by atoms with Crippen molar-refractivity contribution in [2.24, 2.45) is 5.73 Å². The number of hydrogen-bond acceptors (Lipinski definition) is 3. The fourth-order valence-corrected chi connectivity index (χ4v) is 2.44. The Balaban J connectivity index is 2.06. The summed E-state index contributed by atoms with van der Waals surface area (Å²) in [6, 6.07) is 8.34. The van der Waals surface area contributed by atoms with Crippen LogP contribution in [0.15, 0.2) is 36.8 Å². The molecular formula is C17H20N4. The minimum atomic E-state index is 0.00322. The Kier molecular flexibility index (Phi) is 3.47. The molecule has 3 aromatic rings. The molecule has 0 fully saturated rings. The van der Waals surface area contributed by atoms with E-state index in [0.717, 1.165) is 28.8 Å². The third-order valence-electron chi connectivity index (χ3n) is 4.03. The second-order valence-electron chi connectivity index (χ2n) is 5.50. The Morgan fingerprint density at radius 2 is 1.90 bits per heavy atom. The second kappa shape index (κ2) is 5.30. The summed E-state index contributed by atoms with van der Waals surface area (Å²) in [4.78, 5) is 8.96. The summed E-state index contributed by atoms with van der Waals surface area (Å²) in [5.74, 6) is 0. The van der Waals surface area contributed by atoms with Crippen LogP contribution in [-0.2, 0) is 0 Å². The van der Waals surface area contributed by atoms with Gasteiger partial charge in [-0.15, -0.1) is 0 Å². The highest BCUT2D eigenvalue weighted by Crippen LogP contribution is 2.22. The van der Waals surface area contributed by atoms with Gasteiger partial charge in [0.15, 0.2) is 0 Å². The molecule has 0 saturated heterocycles. The molecule has 4 nitrogen and oxygen atoms in total. The number of rotatable bonds is 3. The van der Waals surface area contributed by atoms with Crippen molar-refractivity contribution < 1.29 is 0 Å². The van der Waals surface area contributed by atoms with E-state index in [-0.39, 0.29) is 6.04 Å².